The molecule has 1 unspecified atom stereocenters. The molecule has 1 fully saturated rings. The third-order valence-corrected chi connectivity index (χ3v) is 3.54. The second kappa shape index (κ2) is 9.18. The van der Waals surface area contributed by atoms with Gasteiger partial charge in [-0.15, -0.1) is 0 Å². The zero-order valence-corrected chi connectivity index (χ0v) is 13.1. The largest absolute Gasteiger partial charge is 0.378 e. The molecular weight excluding hydrogens is 238 g/mol. The summed E-state index contributed by atoms with van der Waals surface area (Å²) < 4.78 is 5.77. The van der Waals surface area contributed by atoms with Gasteiger partial charge in [-0.25, -0.2) is 0 Å². The molecule has 0 radical (unpaired) electrons. The number of hydrogen-bond acceptors (Lipinski definition) is 2. The minimum absolute atomic E-state index is 0.329. The van der Waals surface area contributed by atoms with Crippen LogP contribution in [-0.2, 0) is 4.74 Å². The van der Waals surface area contributed by atoms with Crippen LogP contribution in [0.15, 0.2) is 4.99 Å². The Labute approximate surface area is 118 Å². The van der Waals surface area contributed by atoms with E-state index in [0.29, 0.717) is 12.0 Å². The number of aliphatic imine (C=N–C) groups is 1. The van der Waals surface area contributed by atoms with Gasteiger partial charge in [-0.1, -0.05) is 13.8 Å². The Morgan fingerprint density at radius 2 is 1.95 bits per heavy atom. The summed E-state index contributed by atoms with van der Waals surface area (Å²) in [6, 6.07) is 0. The van der Waals surface area contributed by atoms with Crippen LogP contribution in [0, 0.1) is 5.92 Å². The van der Waals surface area contributed by atoms with E-state index in [9.17, 15) is 0 Å². The molecule has 4 heteroatoms. The lowest BCUT2D eigenvalue weighted by molar-refractivity contribution is 0.0266. The van der Waals surface area contributed by atoms with E-state index in [1.807, 2.05) is 0 Å². The number of hydrogen-bond donors (Lipinski definition) is 1. The Morgan fingerprint density at radius 3 is 2.47 bits per heavy atom. The van der Waals surface area contributed by atoms with E-state index in [2.05, 4.69) is 37.9 Å². The van der Waals surface area contributed by atoms with Gasteiger partial charge in [0.25, 0.3) is 0 Å². The number of rotatable bonds is 7. The van der Waals surface area contributed by atoms with Crippen LogP contribution in [0.25, 0.3) is 0 Å². The molecular formula is C15H31N3O. The van der Waals surface area contributed by atoms with Crippen molar-refractivity contribution in [2.24, 2.45) is 10.9 Å². The normalized spacial score (nSPS) is 18.2. The molecule has 1 saturated heterocycles. The standard InChI is InChI=1S/C15H31N3O/c1-5-16-15(18-11-7-8-12-18)17-10-9-14(13(3)4)19-6-2/h13-14H,5-12H2,1-4H3,(H,16,17). The third-order valence-electron chi connectivity index (χ3n) is 3.54. The molecule has 0 aromatic heterocycles. The summed E-state index contributed by atoms with van der Waals surface area (Å²) in [6.07, 6.45) is 3.92. The van der Waals surface area contributed by atoms with Crippen LogP contribution in [0.3, 0.4) is 0 Å². The van der Waals surface area contributed by atoms with Crippen LogP contribution < -0.4 is 5.32 Å². The van der Waals surface area contributed by atoms with Crippen LogP contribution in [-0.4, -0.2) is 49.7 Å². The Kier molecular flexibility index (Phi) is 7.87. The second-order valence-corrected chi connectivity index (χ2v) is 5.46. The van der Waals surface area contributed by atoms with Crippen LogP contribution >= 0.6 is 0 Å². The fraction of sp³-hybridized carbons (Fsp3) is 0.933. The van der Waals surface area contributed by atoms with Gasteiger partial charge in [0, 0.05) is 32.8 Å². The minimum atomic E-state index is 0.329. The quantitative estimate of drug-likeness (QED) is 0.570. The van der Waals surface area contributed by atoms with Crippen LogP contribution in [0.1, 0.15) is 47.0 Å². The molecule has 1 heterocycles. The zero-order chi connectivity index (χ0) is 14.1. The van der Waals surface area contributed by atoms with E-state index in [4.69, 9.17) is 9.73 Å². The number of nitrogens with one attached hydrogen (secondary N) is 1. The average molecular weight is 269 g/mol. The summed E-state index contributed by atoms with van der Waals surface area (Å²) >= 11 is 0. The highest BCUT2D eigenvalue weighted by Crippen LogP contribution is 2.12. The minimum Gasteiger partial charge on any atom is -0.378 e. The van der Waals surface area contributed by atoms with Crippen molar-refractivity contribution in [1.29, 1.82) is 0 Å². The van der Waals surface area contributed by atoms with Crippen molar-refractivity contribution in [3.05, 3.63) is 0 Å². The molecule has 1 aliphatic rings. The lowest BCUT2D eigenvalue weighted by Gasteiger charge is -2.22. The highest BCUT2D eigenvalue weighted by atomic mass is 16.5. The van der Waals surface area contributed by atoms with Gasteiger partial charge < -0.3 is 15.0 Å². The van der Waals surface area contributed by atoms with Gasteiger partial charge in [0.05, 0.1) is 6.10 Å². The maximum Gasteiger partial charge on any atom is 0.193 e. The maximum atomic E-state index is 5.77. The van der Waals surface area contributed by atoms with Crippen LogP contribution in [0.2, 0.25) is 0 Å². The van der Waals surface area contributed by atoms with E-state index < -0.39 is 0 Å². The first-order valence-electron chi connectivity index (χ1n) is 7.83. The third kappa shape index (κ3) is 5.81. The molecule has 0 aromatic rings. The molecule has 1 aliphatic heterocycles. The van der Waals surface area contributed by atoms with Crippen molar-refractivity contribution < 1.29 is 4.74 Å². The Bertz CT molecular complexity index is 260. The fourth-order valence-corrected chi connectivity index (χ4v) is 2.48. The predicted molar refractivity (Wildman–Crippen MR) is 81.7 cm³/mol. The lowest BCUT2D eigenvalue weighted by atomic mass is 10.0. The van der Waals surface area contributed by atoms with Gasteiger partial charge in [-0.05, 0) is 39.0 Å². The molecule has 1 rings (SSSR count). The van der Waals surface area contributed by atoms with Crippen molar-refractivity contribution in [2.75, 3.05) is 32.8 Å². The molecule has 0 aliphatic carbocycles. The molecule has 1 atom stereocenters. The first-order valence-corrected chi connectivity index (χ1v) is 7.83. The van der Waals surface area contributed by atoms with Crippen LogP contribution in [0.5, 0.6) is 0 Å². The Balaban J connectivity index is 2.45. The maximum absolute atomic E-state index is 5.77. The van der Waals surface area contributed by atoms with Crippen molar-refractivity contribution in [3.63, 3.8) is 0 Å². The van der Waals surface area contributed by atoms with Gasteiger partial charge in [0.15, 0.2) is 5.96 Å². The summed E-state index contributed by atoms with van der Waals surface area (Å²) in [5.41, 5.74) is 0. The summed E-state index contributed by atoms with van der Waals surface area (Å²) in [4.78, 5) is 7.12. The second-order valence-electron chi connectivity index (χ2n) is 5.46. The van der Waals surface area contributed by atoms with Gasteiger partial charge in [-0.3, -0.25) is 4.99 Å². The van der Waals surface area contributed by atoms with Gasteiger partial charge in [-0.2, -0.15) is 0 Å². The highest BCUT2D eigenvalue weighted by molar-refractivity contribution is 5.80. The molecule has 0 saturated carbocycles. The van der Waals surface area contributed by atoms with Crippen molar-refractivity contribution >= 4 is 5.96 Å². The first-order chi connectivity index (χ1) is 9.19. The van der Waals surface area contributed by atoms with Crippen molar-refractivity contribution in [3.8, 4) is 0 Å². The Hall–Kier alpha value is -0.770. The first kappa shape index (κ1) is 16.3. The molecule has 0 amide bonds. The number of guanidine groups is 1. The Morgan fingerprint density at radius 1 is 1.26 bits per heavy atom. The molecule has 0 spiro atoms. The van der Waals surface area contributed by atoms with Crippen molar-refractivity contribution in [2.45, 2.75) is 53.1 Å². The van der Waals surface area contributed by atoms with Gasteiger partial charge in [0.2, 0.25) is 0 Å². The lowest BCUT2D eigenvalue weighted by Crippen LogP contribution is -2.39. The highest BCUT2D eigenvalue weighted by Gasteiger charge is 2.16. The van der Waals surface area contributed by atoms with Crippen LogP contribution in [0.4, 0.5) is 0 Å². The summed E-state index contributed by atoms with van der Waals surface area (Å²) in [7, 11) is 0. The van der Waals surface area contributed by atoms with E-state index >= 15 is 0 Å². The summed E-state index contributed by atoms with van der Waals surface area (Å²) in [6.45, 7) is 13.5. The molecule has 4 nitrogen and oxygen atoms in total. The van der Waals surface area contributed by atoms with E-state index in [0.717, 1.165) is 45.2 Å². The zero-order valence-electron chi connectivity index (χ0n) is 13.1. The van der Waals surface area contributed by atoms with E-state index in [1.165, 1.54) is 12.8 Å². The smallest absolute Gasteiger partial charge is 0.193 e. The monoisotopic (exact) mass is 269 g/mol. The van der Waals surface area contributed by atoms with Gasteiger partial charge in [0.1, 0.15) is 0 Å². The molecule has 112 valence electrons. The number of nitrogens with zero attached hydrogens (tertiary/aromatic N) is 2. The molecule has 1 N–H and O–H groups in total. The van der Waals surface area contributed by atoms with Crippen molar-refractivity contribution in [1.82, 2.24) is 10.2 Å². The topological polar surface area (TPSA) is 36.9 Å². The predicted octanol–water partition coefficient (Wildman–Crippen LogP) is 2.50. The molecule has 0 aromatic carbocycles. The number of ether oxygens (including phenoxy) is 1. The van der Waals surface area contributed by atoms with E-state index in [1.54, 1.807) is 0 Å². The SMILES string of the molecule is CCNC(=NCCC(OCC)C(C)C)N1CCCC1. The molecule has 19 heavy (non-hydrogen) atoms. The van der Waals surface area contributed by atoms with E-state index in [-0.39, 0.29) is 0 Å². The fourth-order valence-electron chi connectivity index (χ4n) is 2.48. The summed E-state index contributed by atoms with van der Waals surface area (Å²) in [5, 5.41) is 3.39. The average Bonchev–Trinajstić information content (AvgIpc) is 2.90. The van der Waals surface area contributed by atoms with Gasteiger partial charge >= 0.3 is 0 Å². The molecule has 0 bridgehead atoms. The summed E-state index contributed by atoms with van der Waals surface area (Å²) in [5.74, 6) is 1.64. The number of likely N-dealkylation sites (tertiary alicyclic amines) is 1.